The molecule has 0 aliphatic carbocycles. The Bertz CT molecular complexity index is 1310. The van der Waals surface area contributed by atoms with Crippen LogP contribution >= 0.6 is 11.8 Å². The van der Waals surface area contributed by atoms with E-state index in [0.29, 0.717) is 34.5 Å². The van der Waals surface area contributed by atoms with E-state index in [4.69, 9.17) is 4.42 Å². The number of nitro groups is 1. The Kier molecular flexibility index (Phi) is 6.09. The number of imide groups is 1. The van der Waals surface area contributed by atoms with Crippen LogP contribution in [0.25, 0.3) is 17.4 Å². The number of amides is 3. The second-order valence-corrected chi connectivity index (χ2v) is 8.19. The summed E-state index contributed by atoms with van der Waals surface area (Å²) < 4.78 is 5.68. The van der Waals surface area contributed by atoms with Gasteiger partial charge in [0.2, 0.25) is 5.91 Å². The van der Waals surface area contributed by atoms with Crippen molar-refractivity contribution in [3.8, 4) is 11.3 Å². The van der Waals surface area contributed by atoms with Crippen LogP contribution in [0.15, 0.2) is 70.0 Å². The number of carbonyl (C=O) groups excluding carboxylic acids is 3. The average molecular weight is 463 g/mol. The summed E-state index contributed by atoms with van der Waals surface area (Å²) in [5, 5.41) is 13.1. The molecule has 0 atom stereocenters. The quantitative estimate of drug-likeness (QED) is 0.315. The number of hydrogen-bond acceptors (Lipinski definition) is 7. The molecule has 1 fully saturated rings. The molecule has 1 N–H and O–H groups in total. The highest BCUT2D eigenvalue weighted by atomic mass is 32.2. The molecule has 4 rings (SSSR count). The zero-order chi connectivity index (χ0) is 23.5. The van der Waals surface area contributed by atoms with Crippen LogP contribution in [0.5, 0.6) is 0 Å². The third kappa shape index (κ3) is 5.01. The highest BCUT2D eigenvalue weighted by molar-refractivity contribution is 8.18. The summed E-state index contributed by atoms with van der Waals surface area (Å²) in [6, 6.07) is 16.3. The van der Waals surface area contributed by atoms with Crippen molar-refractivity contribution in [1.29, 1.82) is 0 Å². The summed E-state index contributed by atoms with van der Waals surface area (Å²) in [4.78, 5) is 48.8. The van der Waals surface area contributed by atoms with Crippen LogP contribution < -0.4 is 5.32 Å². The van der Waals surface area contributed by atoms with E-state index in [9.17, 15) is 24.5 Å². The van der Waals surface area contributed by atoms with E-state index in [-0.39, 0.29) is 10.6 Å². The first-order valence-corrected chi connectivity index (χ1v) is 10.6. The van der Waals surface area contributed by atoms with Gasteiger partial charge in [0.15, 0.2) is 0 Å². The Hall–Kier alpha value is -4.18. The number of thioether (sulfide) groups is 1. The highest BCUT2D eigenvalue weighted by Gasteiger charge is 2.36. The second kappa shape index (κ2) is 9.13. The number of rotatable bonds is 6. The van der Waals surface area contributed by atoms with Gasteiger partial charge in [-0.3, -0.25) is 29.4 Å². The van der Waals surface area contributed by atoms with Crippen molar-refractivity contribution < 1.29 is 23.7 Å². The molecule has 3 amide bonds. The van der Waals surface area contributed by atoms with E-state index in [1.807, 2.05) is 13.0 Å². The third-order valence-corrected chi connectivity index (χ3v) is 5.63. The number of hydrogen-bond donors (Lipinski definition) is 1. The molecule has 166 valence electrons. The van der Waals surface area contributed by atoms with E-state index in [0.717, 1.165) is 10.5 Å². The summed E-state index contributed by atoms with van der Waals surface area (Å²) in [5.41, 5.74) is 1.97. The van der Waals surface area contributed by atoms with E-state index in [2.05, 4.69) is 5.32 Å². The lowest BCUT2D eigenvalue weighted by Gasteiger charge is -2.12. The van der Waals surface area contributed by atoms with Gasteiger partial charge >= 0.3 is 0 Å². The van der Waals surface area contributed by atoms with Crippen LogP contribution in [-0.4, -0.2) is 33.4 Å². The third-order valence-electron chi connectivity index (χ3n) is 4.72. The number of aryl methyl sites for hydroxylation is 1. The van der Waals surface area contributed by atoms with Crippen LogP contribution in [0.1, 0.15) is 11.3 Å². The standard InChI is InChI=1S/C23H17N3O6S/c1-14-4-2-6-16(10-14)24-21(27)13-25-22(28)20(33-23(25)29)12-18-8-9-19(32-18)15-5-3-7-17(11-15)26(30)31/h2-12H,13H2,1H3,(H,24,27)/b20-12-. The van der Waals surface area contributed by atoms with Gasteiger partial charge in [0.1, 0.15) is 18.1 Å². The summed E-state index contributed by atoms with van der Waals surface area (Å²) in [6.45, 7) is 1.48. The monoisotopic (exact) mass is 463 g/mol. The molecule has 3 aromatic rings. The normalized spacial score (nSPS) is 14.7. The van der Waals surface area contributed by atoms with Gasteiger partial charge < -0.3 is 9.73 Å². The number of carbonyl (C=O) groups is 3. The van der Waals surface area contributed by atoms with Gasteiger partial charge in [-0.15, -0.1) is 0 Å². The first-order valence-electron chi connectivity index (χ1n) is 9.77. The molecule has 2 heterocycles. The fourth-order valence-corrected chi connectivity index (χ4v) is 4.01. The van der Waals surface area contributed by atoms with Crippen molar-refractivity contribution in [3.05, 3.63) is 87.0 Å². The number of nitrogens with zero attached hydrogens (tertiary/aromatic N) is 2. The topological polar surface area (TPSA) is 123 Å². The molecule has 0 radical (unpaired) electrons. The Morgan fingerprint density at radius 2 is 1.94 bits per heavy atom. The number of nitro benzene ring substituents is 1. The zero-order valence-electron chi connectivity index (χ0n) is 17.3. The minimum atomic E-state index is -0.599. The van der Waals surface area contributed by atoms with Crippen molar-refractivity contribution in [2.24, 2.45) is 0 Å². The van der Waals surface area contributed by atoms with Crippen LogP contribution in [0.3, 0.4) is 0 Å². The lowest BCUT2D eigenvalue weighted by Crippen LogP contribution is -2.36. The predicted octanol–water partition coefficient (Wildman–Crippen LogP) is 4.84. The summed E-state index contributed by atoms with van der Waals surface area (Å²) in [5.74, 6) is -0.416. The maximum atomic E-state index is 12.7. The van der Waals surface area contributed by atoms with Crippen molar-refractivity contribution in [1.82, 2.24) is 4.90 Å². The molecular formula is C23H17N3O6S. The molecule has 0 unspecified atom stereocenters. The Morgan fingerprint density at radius 3 is 2.70 bits per heavy atom. The zero-order valence-corrected chi connectivity index (χ0v) is 18.1. The molecule has 1 saturated heterocycles. The Balaban J connectivity index is 1.46. The first-order chi connectivity index (χ1) is 15.8. The van der Waals surface area contributed by atoms with Gasteiger partial charge in [-0.05, 0) is 48.5 Å². The molecule has 1 aliphatic heterocycles. The van der Waals surface area contributed by atoms with E-state index < -0.39 is 28.5 Å². The molecule has 1 aromatic heterocycles. The highest BCUT2D eigenvalue weighted by Crippen LogP contribution is 2.33. The van der Waals surface area contributed by atoms with Crippen molar-refractivity contribution in [2.45, 2.75) is 6.92 Å². The van der Waals surface area contributed by atoms with E-state index in [1.165, 1.54) is 18.2 Å². The van der Waals surface area contributed by atoms with Gasteiger partial charge in [0.05, 0.1) is 9.83 Å². The molecular weight excluding hydrogens is 446 g/mol. The summed E-state index contributed by atoms with van der Waals surface area (Å²) in [6.07, 6.45) is 1.41. The van der Waals surface area contributed by atoms with Crippen molar-refractivity contribution in [2.75, 3.05) is 11.9 Å². The molecule has 33 heavy (non-hydrogen) atoms. The van der Waals surface area contributed by atoms with Crippen LogP contribution in [0.2, 0.25) is 0 Å². The number of anilines is 1. The van der Waals surface area contributed by atoms with Crippen LogP contribution in [0, 0.1) is 17.0 Å². The van der Waals surface area contributed by atoms with Crippen molar-refractivity contribution >= 4 is 46.3 Å². The summed E-state index contributed by atoms with van der Waals surface area (Å²) in [7, 11) is 0. The number of furan rings is 1. The largest absolute Gasteiger partial charge is 0.457 e. The van der Waals surface area contributed by atoms with Gasteiger partial charge in [-0.25, -0.2) is 0 Å². The lowest BCUT2D eigenvalue weighted by molar-refractivity contribution is -0.384. The van der Waals surface area contributed by atoms with E-state index in [1.54, 1.807) is 42.5 Å². The van der Waals surface area contributed by atoms with Crippen LogP contribution in [0.4, 0.5) is 16.2 Å². The first kappa shape index (κ1) is 22.0. The molecule has 1 aliphatic rings. The summed E-state index contributed by atoms with van der Waals surface area (Å²) >= 11 is 0.708. The molecule has 0 spiro atoms. The van der Waals surface area contributed by atoms with Crippen LogP contribution in [-0.2, 0) is 9.59 Å². The Labute approximate surface area is 192 Å². The van der Waals surface area contributed by atoms with E-state index >= 15 is 0 Å². The van der Waals surface area contributed by atoms with Gasteiger partial charge in [0.25, 0.3) is 16.8 Å². The molecule has 0 saturated carbocycles. The van der Waals surface area contributed by atoms with Gasteiger partial charge in [-0.1, -0.05) is 24.3 Å². The maximum Gasteiger partial charge on any atom is 0.294 e. The number of benzene rings is 2. The smallest absolute Gasteiger partial charge is 0.294 e. The molecule has 2 aromatic carbocycles. The molecule has 0 bridgehead atoms. The number of nitrogens with one attached hydrogen (secondary N) is 1. The average Bonchev–Trinajstić information content (AvgIpc) is 3.34. The van der Waals surface area contributed by atoms with Gasteiger partial charge in [0, 0.05) is 29.5 Å². The molecule has 9 nitrogen and oxygen atoms in total. The fraction of sp³-hybridized carbons (Fsp3) is 0.0870. The lowest BCUT2D eigenvalue weighted by atomic mass is 10.1. The minimum absolute atomic E-state index is 0.0736. The van der Waals surface area contributed by atoms with Gasteiger partial charge in [-0.2, -0.15) is 0 Å². The second-order valence-electron chi connectivity index (χ2n) is 7.19. The SMILES string of the molecule is Cc1cccc(NC(=O)CN2C(=O)S/C(=C\c3ccc(-c4cccc([N+](=O)[O-])c4)o3)C2=O)c1. The van der Waals surface area contributed by atoms with Crippen molar-refractivity contribution in [3.63, 3.8) is 0 Å². The fourth-order valence-electron chi connectivity index (χ4n) is 3.19. The predicted molar refractivity (Wildman–Crippen MR) is 123 cm³/mol. The molecule has 10 heteroatoms. The minimum Gasteiger partial charge on any atom is -0.457 e. The maximum absolute atomic E-state index is 12.7. The number of non-ortho nitro benzene ring substituents is 1. The Morgan fingerprint density at radius 1 is 1.15 bits per heavy atom.